The Labute approximate surface area is 790 Å². The molecule has 1 heterocycles. The Morgan fingerprint density at radius 3 is 0.465 bits per heavy atom. The molecular weight excluding hydrogens is 1850 g/mol. The van der Waals surface area contributed by atoms with E-state index < -0.39 is 348 Å². The van der Waals surface area contributed by atoms with Crippen molar-refractivity contribution in [3.63, 3.8) is 0 Å². The third kappa shape index (κ3) is 50.0. The number of nitrogens with zero attached hydrogens (tertiary/aromatic N) is 4. The van der Waals surface area contributed by atoms with Crippen LogP contribution in [0.2, 0.25) is 0 Å². The van der Waals surface area contributed by atoms with Gasteiger partial charge in [-0.3, -0.25) is 38.8 Å². The fourth-order valence-electron chi connectivity index (χ4n) is 12.5. The number of rotatable bonds is 76. The van der Waals surface area contributed by atoms with Gasteiger partial charge in [-0.25, -0.2) is 0 Å². The van der Waals surface area contributed by atoms with Crippen LogP contribution in [0.15, 0.2) is 0 Å². The maximum Gasteiger partial charge on any atom is 3.00 e. The van der Waals surface area contributed by atoms with Crippen molar-refractivity contribution >= 4 is 47.5 Å². The van der Waals surface area contributed by atoms with Gasteiger partial charge in [0.25, 0.3) is 0 Å². The molecule has 44 nitrogen and oxygen atoms in total. The Kier molecular flexibility index (Phi) is 64.4. The van der Waals surface area contributed by atoms with Crippen LogP contribution >= 0.6 is 0 Å². The number of carboxylic acid groups (broad SMARTS) is 4. The van der Waals surface area contributed by atoms with Gasteiger partial charge in [-0.2, -0.15) is 0 Å². The third-order valence-electron chi connectivity index (χ3n) is 23.0. The average molecular weight is 2010 g/mol. The maximum absolute atomic E-state index is 14.0. The summed E-state index contributed by atoms with van der Waals surface area (Å²) in [5.74, 6) is -12.7. The standard InChI is InChI=1S/C84H160N8O36.Gd/c1-77(37-93,38-94)53-121-29-61(30-122-54-78(2,39-95)40-96)25-85-69(109)13-9-65(73(113)114)89-17-19-90(66(74(115)116)10-14-70(110)86-26-62(31-123-55-79(3,41-97)42-98)32-124-56-80(4,43-99)44-100)21-23-92(68(76(119)120)12-16-72(112)88-28-64(35-127-59-83(7,49-105)50-106)36-128-60-84(8,51-107)52-108)24-22-91(20-18-89)67(75(117)118)11-15-71(111)87-27-63(33-125-57-81(5,45-101)46-102)34-126-58-82(6,47-103)48-104;/h61-68,93-108H,9-60H2,1-8H3,(H,85,109)(H,86,110)(H,87,111)(H,88,112)(H,113,114)(H,115,116)(H,117,118)(H,119,120);/q;+3/p-4. The maximum atomic E-state index is 14.0. The van der Waals surface area contributed by atoms with Gasteiger partial charge in [0.2, 0.25) is 23.6 Å². The molecule has 4 atom stereocenters. The zero-order chi connectivity index (χ0) is 96.8. The first kappa shape index (κ1) is 125. The molecule has 0 aliphatic carbocycles. The molecular formula is C84H156GdN8O36-. The summed E-state index contributed by atoms with van der Waals surface area (Å²) in [6.07, 6.45) is -4.38. The number of aliphatic hydroxyl groups excluding tert-OH is 16. The smallest absolute Gasteiger partial charge is 0.548 e. The summed E-state index contributed by atoms with van der Waals surface area (Å²) in [6, 6.07) is -7.09. The zero-order valence-corrected chi connectivity index (χ0v) is 79.1. The van der Waals surface area contributed by atoms with Crippen molar-refractivity contribution in [2.24, 2.45) is 67.0 Å². The van der Waals surface area contributed by atoms with E-state index in [9.17, 15) is 140 Å². The van der Waals surface area contributed by atoms with Gasteiger partial charge in [0.05, 0.1) is 235 Å². The van der Waals surface area contributed by atoms with Gasteiger partial charge in [-0.1, -0.05) is 55.4 Å². The monoisotopic (exact) mass is 2010 g/mol. The first-order valence-electron chi connectivity index (χ1n) is 43.7. The molecule has 20 N–H and O–H groups in total. The molecule has 1 aliphatic heterocycles. The van der Waals surface area contributed by atoms with E-state index in [4.69, 9.17) is 37.9 Å². The second-order valence-electron chi connectivity index (χ2n) is 37.5. The van der Waals surface area contributed by atoms with Crippen LogP contribution < -0.4 is 41.7 Å². The number of carboxylic acids is 4. The van der Waals surface area contributed by atoms with Crippen LogP contribution in [0.5, 0.6) is 0 Å². The Hall–Kier alpha value is -4.04. The van der Waals surface area contributed by atoms with Crippen LogP contribution in [0.1, 0.15) is 107 Å². The van der Waals surface area contributed by atoms with E-state index in [0.717, 1.165) is 0 Å². The normalized spacial score (nSPS) is 15.6. The van der Waals surface area contributed by atoms with E-state index in [0.29, 0.717) is 0 Å². The quantitative estimate of drug-likeness (QED) is 0.0269. The average Bonchev–Trinajstić information content (AvgIpc) is 0.835. The van der Waals surface area contributed by atoms with Gasteiger partial charge in [0.1, 0.15) is 0 Å². The van der Waals surface area contributed by atoms with Crippen LogP contribution in [0, 0.1) is 107 Å². The summed E-state index contributed by atoms with van der Waals surface area (Å²) in [4.78, 5) is 116. The number of aliphatic carboxylic acids is 4. The number of aliphatic hydroxyl groups is 16. The van der Waals surface area contributed by atoms with Crippen LogP contribution in [0.25, 0.3) is 0 Å². The summed E-state index contributed by atoms with van der Waals surface area (Å²) < 4.78 is 46.8. The summed E-state index contributed by atoms with van der Waals surface area (Å²) >= 11 is 0. The van der Waals surface area contributed by atoms with E-state index in [1.165, 1.54) is 19.6 Å². The number of ether oxygens (including phenoxy) is 8. The van der Waals surface area contributed by atoms with Gasteiger partial charge < -0.3 is 180 Å². The Bertz CT molecular complexity index is 2560. The van der Waals surface area contributed by atoms with E-state index in [2.05, 4.69) is 21.3 Å². The number of carbonyl (C=O) groups excluding carboxylic acids is 8. The molecule has 0 saturated carbocycles. The molecule has 45 heteroatoms. The van der Waals surface area contributed by atoms with Gasteiger partial charge in [0.15, 0.2) is 0 Å². The van der Waals surface area contributed by atoms with Crippen LogP contribution in [0.3, 0.4) is 0 Å². The number of amides is 4. The number of hydrogen-bond acceptors (Lipinski definition) is 40. The molecule has 1 aliphatic rings. The molecule has 757 valence electrons. The first-order valence-corrected chi connectivity index (χ1v) is 43.7. The molecule has 0 bridgehead atoms. The predicted octanol–water partition coefficient (Wildman–Crippen LogP) is -12.2. The molecule has 4 amide bonds. The fraction of sp³-hybridized carbons (Fsp3) is 0.905. The summed E-state index contributed by atoms with van der Waals surface area (Å²) in [6.45, 7) is -1.52. The van der Waals surface area contributed by atoms with Gasteiger partial charge >= 0.3 is 39.9 Å². The first-order chi connectivity index (χ1) is 60.5. The molecule has 4 unspecified atom stereocenters. The molecule has 0 aromatic carbocycles. The minimum absolute atomic E-state index is 0. The van der Waals surface area contributed by atoms with Gasteiger partial charge in [-0.15, -0.1) is 0 Å². The third-order valence-corrected chi connectivity index (χ3v) is 23.0. The number of nitrogens with one attached hydrogen (secondary N) is 4. The van der Waals surface area contributed by atoms with Crippen molar-refractivity contribution in [1.29, 1.82) is 0 Å². The molecule has 0 aromatic heterocycles. The largest absolute Gasteiger partial charge is 3.00 e. The van der Waals surface area contributed by atoms with Crippen molar-refractivity contribution < 1.29 is 218 Å². The van der Waals surface area contributed by atoms with Crippen molar-refractivity contribution in [2.75, 3.05) is 290 Å². The predicted molar refractivity (Wildman–Crippen MR) is 449 cm³/mol. The fourth-order valence-corrected chi connectivity index (χ4v) is 12.5. The van der Waals surface area contributed by atoms with Crippen molar-refractivity contribution in [3.05, 3.63) is 0 Å². The van der Waals surface area contributed by atoms with Gasteiger partial charge in [-0.05, 0) is 25.7 Å². The minimum Gasteiger partial charge on any atom is -0.548 e. The Morgan fingerprint density at radius 1 is 0.248 bits per heavy atom. The zero-order valence-electron chi connectivity index (χ0n) is 76.9. The molecule has 1 radical (unpaired) electrons. The summed E-state index contributed by atoms with van der Waals surface area (Å²) in [5, 5.41) is 225. The minimum atomic E-state index is -1.77. The van der Waals surface area contributed by atoms with Crippen LogP contribution in [-0.2, 0) is 76.3 Å². The van der Waals surface area contributed by atoms with Crippen LogP contribution in [0.4, 0.5) is 0 Å². The molecule has 0 aromatic rings. The van der Waals surface area contributed by atoms with E-state index in [-0.39, 0.29) is 172 Å². The van der Waals surface area contributed by atoms with E-state index in [1.807, 2.05) is 0 Å². The second kappa shape index (κ2) is 66.4. The topological polar surface area (TPSA) is 687 Å². The van der Waals surface area contributed by atoms with E-state index in [1.54, 1.807) is 55.4 Å². The second-order valence-corrected chi connectivity index (χ2v) is 37.5. The Morgan fingerprint density at radius 2 is 0.364 bits per heavy atom. The molecule has 129 heavy (non-hydrogen) atoms. The van der Waals surface area contributed by atoms with Crippen molar-refractivity contribution in [3.8, 4) is 0 Å². The van der Waals surface area contributed by atoms with Gasteiger partial charge in [0, 0.05) is 195 Å². The van der Waals surface area contributed by atoms with Crippen LogP contribution in [-0.4, -0.2) is 463 Å². The molecule has 1 saturated heterocycles. The summed E-state index contributed by atoms with van der Waals surface area (Å²) in [7, 11) is 0. The Balaban J connectivity index is 0.000164. The number of carbonyl (C=O) groups is 8. The molecule has 1 rings (SSSR count). The van der Waals surface area contributed by atoms with Crippen molar-refractivity contribution in [1.82, 2.24) is 40.9 Å². The van der Waals surface area contributed by atoms with Crippen molar-refractivity contribution in [2.45, 2.75) is 131 Å². The summed E-state index contributed by atoms with van der Waals surface area (Å²) in [5.41, 5.74) is -8.58. The SMILES string of the molecule is CC(CO)(CO)COCC(CNC(=O)CCC(C(=O)[O-])N1CCN(C(CCC(=O)NCC(COCC(C)(CO)CO)COCC(C)(CO)CO)C(=O)[O-])CCN(C(CCC(=O)NCC(COCC(C)(CO)CO)COCC(C)(CO)CO)C(=O)[O-])CCN(C(CCC(=O)NCC(COCC(C)(CO)CO)COCC(C)(CO)CO)C(=O)[O-])CC1)COCC(C)(CO)CO.[Gd+3]. The molecule has 0 spiro atoms. The van der Waals surface area contributed by atoms with E-state index >= 15 is 0 Å². The number of hydrogen-bond donors (Lipinski definition) is 20. The molecule has 1 fully saturated rings.